The summed E-state index contributed by atoms with van der Waals surface area (Å²) in [5, 5.41) is 11.9. The monoisotopic (exact) mass is 263 g/mol. The fourth-order valence-corrected chi connectivity index (χ4v) is 2.22. The van der Waals surface area contributed by atoms with Crippen LogP contribution in [0.3, 0.4) is 0 Å². The molecule has 1 heterocycles. The smallest absolute Gasteiger partial charge is 0.0861 e. The van der Waals surface area contributed by atoms with Crippen molar-refractivity contribution >= 4 is 27.3 Å². The standard InChI is InChI=1S/C9H14BrNOS/c1-9(2,5-11)8(12)6-3-7(10)13-4-6/h3-4,8,12H,5,11H2,1-2H3. The van der Waals surface area contributed by atoms with Gasteiger partial charge in [0.05, 0.1) is 9.89 Å². The number of aliphatic hydroxyl groups is 1. The molecule has 0 aliphatic carbocycles. The molecule has 0 aliphatic rings. The summed E-state index contributed by atoms with van der Waals surface area (Å²) < 4.78 is 1.04. The third kappa shape index (κ3) is 2.53. The first kappa shape index (κ1) is 11.2. The Hall–Kier alpha value is 0.100. The van der Waals surface area contributed by atoms with E-state index in [0.717, 1.165) is 9.35 Å². The molecule has 0 radical (unpaired) electrons. The quantitative estimate of drug-likeness (QED) is 0.881. The third-order valence-electron chi connectivity index (χ3n) is 2.17. The maximum Gasteiger partial charge on any atom is 0.0861 e. The number of thiophene rings is 1. The van der Waals surface area contributed by atoms with Gasteiger partial charge in [0, 0.05) is 12.0 Å². The molecule has 0 fully saturated rings. The molecule has 0 bridgehead atoms. The molecule has 74 valence electrons. The van der Waals surface area contributed by atoms with Gasteiger partial charge in [-0.25, -0.2) is 0 Å². The van der Waals surface area contributed by atoms with Crippen molar-refractivity contribution in [3.8, 4) is 0 Å². The first-order valence-corrected chi connectivity index (χ1v) is 5.76. The zero-order chi connectivity index (χ0) is 10.1. The summed E-state index contributed by atoms with van der Waals surface area (Å²) in [6.07, 6.45) is -0.486. The zero-order valence-electron chi connectivity index (χ0n) is 7.75. The molecule has 1 aromatic rings. The number of nitrogens with two attached hydrogens (primary N) is 1. The molecule has 13 heavy (non-hydrogen) atoms. The first-order chi connectivity index (χ1) is 5.97. The summed E-state index contributed by atoms with van der Waals surface area (Å²) in [4.78, 5) is 0. The minimum Gasteiger partial charge on any atom is -0.388 e. The maximum atomic E-state index is 9.97. The Bertz CT molecular complexity index is 285. The van der Waals surface area contributed by atoms with Gasteiger partial charge in [-0.3, -0.25) is 0 Å². The van der Waals surface area contributed by atoms with Gasteiger partial charge in [-0.15, -0.1) is 11.3 Å². The molecule has 0 saturated carbocycles. The van der Waals surface area contributed by atoms with E-state index in [1.165, 1.54) is 0 Å². The van der Waals surface area contributed by atoms with E-state index < -0.39 is 6.10 Å². The second-order valence-corrected chi connectivity index (χ2v) is 6.07. The van der Waals surface area contributed by atoms with Crippen LogP contribution >= 0.6 is 27.3 Å². The molecule has 1 rings (SSSR count). The summed E-state index contributed by atoms with van der Waals surface area (Å²) >= 11 is 4.94. The molecule has 0 spiro atoms. The summed E-state index contributed by atoms with van der Waals surface area (Å²) in [6.45, 7) is 4.40. The zero-order valence-corrected chi connectivity index (χ0v) is 10.2. The molecule has 0 amide bonds. The molecule has 1 atom stereocenters. The molecular weight excluding hydrogens is 250 g/mol. The molecule has 1 unspecified atom stereocenters. The van der Waals surface area contributed by atoms with E-state index in [-0.39, 0.29) is 5.41 Å². The lowest BCUT2D eigenvalue weighted by atomic mass is 9.84. The van der Waals surface area contributed by atoms with Crippen LogP contribution in [0.4, 0.5) is 0 Å². The molecule has 0 aromatic carbocycles. The predicted molar refractivity (Wildman–Crippen MR) is 59.8 cm³/mol. The summed E-state index contributed by atoms with van der Waals surface area (Å²) in [5.41, 5.74) is 6.26. The molecular formula is C9H14BrNOS. The topological polar surface area (TPSA) is 46.2 Å². The summed E-state index contributed by atoms with van der Waals surface area (Å²) in [7, 11) is 0. The van der Waals surface area contributed by atoms with E-state index in [1.807, 2.05) is 25.3 Å². The fraction of sp³-hybridized carbons (Fsp3) is 0.556. The molecule has 3 N–H and O–H groups in total. The average molecular weight is 264 g/mol. The average Bonchev–Trinajstić information content (AvgIpc) is 2.50. The van der Waals surface area contributed by atoms with Gasteiger partial charge < -0.3 is 10.8 Å². The van der Waals surface area contributed by atoms with E-state index in [1.54, 1.807) is 11.3 Å². The molecule has 0 aliphatic heterocycles. The highest BCUT2D eigenvalue weighted by molar-refractivity contribution is 9.11. The van der Waals surface area contributed by atoms with E-state index >= 15 is 0 Å². The van der Waals surface area contributed by atoms with Crippen LogP contribution in [-0.2, 0) is 0 Å². The summed E-state index contributed by atoms with van der Waals surface area (Å²) in [5.74, 6) is 0. The Morgan fingerprint density at radius 1 is 1.69 bits per heavy atom. The van der Waals surface area contributed by atoms with Crippen molar-refractivity contribution in [3.05, 3.63) is 20.8 Å². The molecule has 1 aromatic heterocycles. The van der Waals surface area contributed by atoms with Crippen LogP contribution in [0.15, 0.2) is 15.2 Å². The van der Waals surface area contributed by atoms with Crippen LogP contribution < -0.4 is 5.73 Å². The van der Waals surface area contributed by atoms with Crippen LogP contribution in [0.25, 0.3) is 0 Å². The van der Waals surface area contributed by atoms with Crippen LogP contribution in [0, 0.1) is 5.41 Å². The van der Waals surface area contributed by atoms with Gasteiger partial charge in [0.1, 0.15) is 0 Å². The third-order valence-corrected chi connectivity index (χ3v) is 3.69. The number of rotatable bonds is 3. The second kappa shape index (κ2) is 4.09. The molecule has 0 saturated heterocycles. The minimum atomic E-state index is -0.486. The fourth-order valence-electron chi connectivity index (χ4n) is 1.03. The lowest BCUT2D eigenvalue weighted by Gasteiger charge is -2.28. The minimum absolute atomic E-state index is 0.263. The van der Waals surface area contributed by atoms with Crippen molar-refractivity contribution < 1.29 is 5.11 Å². The van der Waals surface area contributed by atoms with Gasteiger partial charge in [0.15, 0.2) is 0 Å². The van der Waals surface area contributed by atoms with Gasteiger partial charge in [-0.1, -0.05) is 13.8 Å². The maximum absolute atomic E-state index is 9.97. The Labute approximate surface area is 90.9 Å². The normalized spacial score (nSPS) is 14.5. The lowest BCUT2D eigenvalue weighted by Crippen LogP contribution is -2.30. The largest absolute Gasteiger partial charge is 0.388 e. The van der Waals surface area contributed by atoms with Gasteiger partial charge in [0.25, 0.3) is 0 Å². The van der Waals surface area contributed by atoms with Gasteiger partial charge >= 0.3 is 0 Å². The van der Waals surface area contributed by atoms with E-state index in [9.17, 15) is 5.11 Å². The Balaban J connectivity index is 2.84. The van der Waals surface area contributed by atoms with Crippen molar-refractivity contribution in [1.29, 1.82) is 0 Å². The van der Waals surface area contributed by atoms with E-state index in [2.05, 4.69) is 15.9 Å². The first-order valence-electron chi connectivity index (χ1n) is 4.09. The Morgan fingerprint density at radius 3 is 2.69 bits per heavy atom. The van der Waals surface area contributed by atoms with E-state index in [4.69, 9.17) is 5.73 Å². The van der Waals surface area contributed by atoms with Crippen molar-refractivity contribution in [3.63, 3.8) is 0 Å². The van der Waals surface area contributed by atoms with Crippen molar-refractivity contribution in [2.75, 3.05) is 6.54 Å². The number of aliphatic hydroxyl groups excluding tert-OH is 1. The van der Waals surface area contributed by atoms with Crippen molar-refractivity contribution in [2.24, 2.45) is 11.1 Å². The van der Waals surface area contributed by atoms with Crippen LogP contribution in [0.1, 0.15) is 25.5 Å². The second-order valence-electron chi connectivity index (χ2n) is 3.78. The molecule has 4 heteroatoms. The number of hydrogen-bond acceptors (Lipinski definition) is 3. The van der Waals surface area contributed by atoms with E-state index in [0.29, 0.717) is 6.54 Å². The number of hydrogen-bond donors (Lipinski definition) is 2. The Morgan fingerprint density at radius 2 is 2.31 bits per heavy atom. The predicted octanol–water partition coefficient (Wildman–Crippen LogP) is 2.53. The van der Waals surface area contributed by atoms with Gasteiger partial charge in [0.2, 0.25) is 0 Å². The van der Waals surface area contributed by atoms with Crippen LogP contribution in [0.5, 0.6) is 0 Å². The highest BCUT2D eigenvalue weighted by atomic mass is 79.9. The number of halogens is 1. The Kier molecular flexibility index (Phi) is 3.51. The lowest BCUT2D eigenvalue weighted by molar-refractivity contribution is 0.0558. The highest BCUT2D eigenvalue weighted by Gasteiger charge is 2.28. The van der Waals surface area contributed by atoms with Crippen molar-refractivity contribution in [1.82, 2.24) is 0 Å². The van der Waals surface area contributed by atoms with Crippen LogP contribution in [0.2, 0.25) is 0 Å². The summed E-state index contributed by atoms with van der Waals surface area (Å²) in [6, 6.07) is 1.94. The van der Waals surface area contributed by atoms with Gasteiger partial charge in [-0.2, -0.15) is 0 Å². The highest BCUT2D eigenvalue weighted by Crippen LogP contribution is 2.35. The molecule has 2 nitrogen and oxygen atoms in total. The van der Waals surface area contributed by atoms with Gasteiger partial charge in [-0.05, 0) is 32.9 Å². The van der Waals surface area contributed by atoms with Crippen molar-refractivity contribution in [2.45, 2.75) is 20.0 Å². The SMILES string of the molecule is CC(C)(CN)C(O)c1csc(Br)c1. The van der Waals surface area contributed by atoms with Crippen LogP contribution in [-0.4, -0.2) is 11.7 Å².